The Morgan fingerprint density at radius 2 is 1.86 bits per heavy atom. The van der Waals surface area contributed by atoms with E-state index in [2.05, 4.69) is 15.1 Å². The second-order valence-corrected chi connectivity index (χ2v) is 5.84. The molecule has 0 atom stereocenters. The molecule has 0 aromatic carbocycles. The fourth-order valence-electron chi connectivity index (χ4n) is 2.85. The van der Waals surface area contributed by atoms with Gasteiger partial charge >= 0.3 is 25.0 Å². The number of carbonyl (C=O) groups is 1. The number of carbonyl (C=O) groups excluding carboxylic acids is 1. The molecule has 0 saturated carbocycles. The fourth-order valence-corrected chi connectivity index (χ4v) is 2.85. The van der Waals surface area contributed by atoms with E-state index < -0.39 is 36.0 Å². The largest absolute Gasteiger partial charge is 1.00 e. The summed E-state index contributed by atoms with van der Waals surface area (Å²) >= 11 is 0. The van der Waals surface area contributed by atoms with Crippen molar-refractivity contribution in [3.63, 3.8) is 0 Å². The van der Waals surface area contributed by atoms with Crippen LogP contribution in [-0.4, -0.2) is 36.3 Å². The maximum Gasteiger partial charge on any atom is 1.00 e. The zero-order valence-corrected chi connectivity index (χ0v) is 14.5. The van der Waals surface area contributed by atoms with Crippen molar-refractivity contribution >= 4 is 22.5 Å². The zero-order valence-electron chi connectivity index (χ0n) is 14.5. The molecule has 144 valence electrons. The summed E-state index contributed by atoms with van der Waals surface area (Å²) in [5.41, 5.74) is -1.13. The summed E-state index contributed by atoms with van der Waals surface area (Å²) in [6.45, 7) is -1.51. The van der Waals surface area contributed by atoms with Crippen LogP contribution in [0.2, 0.25) is 0 Å². The van der Waals surface area contributed by atoms with Gasteiger partial charge in [-0.15, -0.1) is 0 Å². The Morgan fingerprint density at radius 3 is 2.52 bits per heavy atom. The molecule has 0 amide bonds. The molecule has 0 aliphatic heterocycles. The third-order valence-corrected chi connectivity index (χ3v) is 3.94. The number of rotatable bonds is 3. The molecule has 4 aromatic heterocycles. The number of alkyl halides is 3. The van der Waals surface area contributed by atoms with Crippen molar-refractivity contribution in [2.75, 3.05) is 0 Å². The van der Waals surface area contributed by atoms with Crippen molar-refractivity contribution in [3.8, 4) is 11.4 Å². The van der Waals surface area contributed by atoms with E-state index in [4.69, 9.17) is 0 Å². The molecule has 0 spiro atoms. The summed E-state index contributed by atoms with van der Waals surface area (Å²) in [4.78, 5) is 18.4. The minimum absolute atomic E-state index is 0. The Bertz CT molecular complexity index is 1250. The number of imidazole rings is 1. The number of aromatic carboxylic acids is 1. The molecule has 7 nitrogen and oxygen atoms in total. The number of hydrogen-bond acceptors (Lipinski definition) is 5. The zero-order chi connectivity index (χ0) is 20.2. The van der Waals surface area contributed by atoms with Crippen LogP contribution in [0.5, 0.6) is 0 Å². The maximum absolute atomic E-state index is 13.9. The average Bonchev–Trinajstić information content (AvgIpc) is 3.14. The van der Waals surface area contributed by atoms with E-state index in [9.17, 15) is 31.9 Å². The number of carboxylic acids is 1. The predicted octanol–water partition coefficient (Wildman–Crippen LogP) is -1.05. The summed E-state index contributed by atoms with van der Waals surface area (Å²) in [6, 6.07) is 1.50. The third kappa shape index (κ3) is 3.68. The first kappa shape index (κ1) is 20.8. The molecular weight excluding hydrogens is 396 g/mol. The summed E-state index contributed by atoms with van der Waals surface area (Å²) in [7, 11) is 0. The first-order valence-corrected chi connectivity index (χ1v) is 7.61. The SMILES string of the molecule is O=C([O-])c1cc2c(cn1)c(-c1cnc3c(F)cc(F)cn13)nn2CC(F)(F)F.[Li+]. The molecule has 4 rings (SSSR count). The van der Waals surface area contributed by atoms with E-state index in [1.54, 1.807) is 0 Å². The van der Waals surface area contributed by atoms with Gasteiger partial charge in [-0.05, 0) is 6.07 Å². The first-order chi connectivity index (χ1) is 13.1. The van der Waals surface area contributed by atoms with E-state index in [0.717, 1.165) is 29.1 Å². The van der Waals surface area contributed by atoms with E-state index >= 15 is 0 Å². The molecule has 0 bridgehead atoms. The van der Waals surface area contributed by atoms with Crippen molar-refractivity contribution in [2.24, 2.45) is 0 Å². The number of hydrogen-bond donors (Lipinski definition) is 0. The van der Waals surface area contributed by atoms with Gasteiger partial charge in [-0.25, -0.2) is 13.8 Å². The fraction of sp³-hybridized carbons (Fsp3) is 0.125. The Labute approximate surface area is 170 Å². The van der Waals surface area contributed by atoms with E-state index in [1.165, 1.54) is 0 Å². The topological polar surface area (TPSA) is 88.1 Å². The molecule has 0 aliphatic carbocycles. The van der Waals surface area contributed by atoms with Crippen LogP contribution in [0.1, 0.15) is 10.5 Å². The molecule has 0 radical (unpaired) electrons. The van der Waals surface area contributed by atoms with Crippen LogP contribution >= 0.6 is 0 Å². The predicted molar refractivity (Wildman–Crippen MR) is 82.0 cm³/mol. The van der Waals surface area contributed by atoms with Gasteiger partial charge in [-0.3, -0.25) is 14.1 Å². The number of halogens is 5. The Balaban J connectivity index is 0.00000240. The minimum atomic E-state index is -4.65. The van der Waals surface area contributed by atoms with Gasteiger partial charge in [0.25, 0.3) is 0 Å². The number of nitrogens with zero attached hydrogens (tertiary/aromatic N) is 5. The standard InChI is InChI=1S/C16H8F5N5O2.Li/c17-7-1-9(18)14-23-4-12(25(14)5-7)13-8-3-22-10(15(27)28)2-11(8)26(24-13)6-16(19,20)21;/h1-5H,6H2,(H,27,28);/q;+1/p-1. The normalized spacial score (nSPS) is 11.8. The third-order valence-electron chi connectivity index (χ3n) is 3.94. The van der Waals surface area contributed by atoms with Crippen molar-refractivity contribution < 1.29 is 50.7 Å². The van der Waals surface area contributed by atoms with Crippen molar-refractivity contribution in [1.29, 1.82) is 0 Å². The number of pyridine rings is 2. The van der Waals surface area contributed by atoms with Crippen LogP contribution < -0.4 is 24.0 Å². The van der Waals surface area contributed by atoms with Gasteiger partial charge in [0.2, 0.25) is 0 Å². The van der Waals surface area contributed by atoms with E-state index in [-0.39, 0.29) is 46.8 Å². The second kappa shape index (κ2) is 7.13. The Hall–Kier alpha value is -2.97. The van der Waals surface area contributed by atoms with Gasteiger partial charge in [0.05, 0.1) is 29.1 Å². The number of carboxylic acid groups (broad SMARTS) is 1. The van der Waals surface area contributed by atoms with Crippen molar-refractivity contribution in [2.45, 2.75) is 12.7 Å². The molecule has 0 unspecified atom stereocenters. The van der Waals surface area contributed by atoms with Crippen LogP contribution in [0.15, 0.2) is 30.7 Å². The maximum atomic E-state index is 13.9. The Kier molecular flexibility index (Phi) is 5.10. The van der Waals surface area contributed by atoms with Gasteiger partial charge in [0, 0.05) is 23.8 Å². The van der Waals surface area contributed by atoms with Gasteiger partial charge in [-0.2, -0.15) is 18.3 Å². The molecule has 0 saturated heterocycles. The van der Waals surface area contributed by atoms with Gasteiger partial charge in [0.15, 0.2) is 11.5 Å². The number of aromatic nitrogens is 5. The molecule has 4 aromatic rings. The molecule has 0 N–H and O–H groups in total. The molecule has 4 heterocycles. The quantitative estimate of drug-likeness (QED) is 0.322. The average molecular weight is 403 g/mol. The van der Waals surface area contributed by atoms with Crippen molar-refractivity contribution in [1.82, 2.24) is 24.1 Å². The van der Waals surface area contributed by atoms with Gasteiger partial charge in [0.1, 0.15) is 18.1 Å². The summed E-state index contributed by atoms with van der Waals surface area (Å²) < 4.78 is 67.8. The van der Waals surface area contributed by atoms with Crippen molar-refractivity contribution in [3.05, 3.63) is 48.1 Å². The molecule has 29 heavy (non-hydrogen) atoms. The van der Waals surface area contributed by atoms with E-state index in [0.29, 0.717) is 10.7 Å². The van der Waals surface area contributed by atoms with Gasteiger partial charge < -0.3 is 9.90 Å². The van der Waals surface area contributed by atoms with Crippen LogP contribution in [0.25, 0.3) is 27.9 Å². The Morgan fingerprint density at radius 1 is 1.14 bits per heavy atom. The molecule has 0 aliphatic rings. The number of fused-ring (bicyclic) bond motifs is 2. The van der Waals surface area contributed by atoms with Crippen LogP contribution in [0.3, 0.4) is 0 Å². The smallest absolute Gasteiger partial charge is 0.543 e. The molecule has 0 fully saturated rings. The van der Waals surface area contributed by atoms with Crippen LogP contribution in [0, 0.1) is 11.6 Å². The van der Waals surface area contributed by atoms with Crippen LogP contribution in [-0.2, 0) is 6.54 Å². The summed E-state index contributed by atoms with van der Waals surface area (Å²) in [5, 5.41) is 14.9. The molecular formula is C16H7F5LiN5O2. The first-order valence-electron chi connectivity index (χ1n) is 7.61. The van der Waals surface area contributed by atoms with E-state index in [1.807, 2.05) is 0 Å². The molecule has 13 heteroatoms. The van der Waals surface area contributed by atoms with Gasteiger partial charge in [-0.1, -0.05) is 0 Å². The monoisotopic (exact) mass is 403 g/mol. The summed E-state index contributed by atoms with van der Waals surface area (Å²) in [6.07, 6.45) is -1.63. The summed E-state index contributed by atoms with van der Waals surface area (Å²) in [5.74, 6) is -3.58. The minimum Gasteiger partial charge on any atom is -0.543 e. The second-order valence-electron chi connectivity index (χ2n) is 5.84. The van der Waals surface area contributed by atoms with Crippen LogP contribution in [0.4, 0.5) is 22.0 Å².